The van der Waals surface area contributed by atoms with Crippen LogP contribution in [0, 0.1) is 6.92 Å². The lowest BCUT2D eigenvalue weighted by molar-refractivity contribution is -0.138. The van der Waals surface area contributed by atoms with Gasteiger partial charge in [0.2, 0.25) is 5.70 Å². The maximum atomic E-state index is 11.6. The second-order valence-electron chi connectivity index (χ2n) is 3.68. The minimum absolute atomic E-state index is 0.105. The van der Waals surface area contributed by atoms with Gasteiger partial charge in [0.25, 0.3) is 0 Å². The Bertz CT molecular complexity index is 495. The number of aliphatic hydroxyl groups is 1. The monoisotopic (exact) mass is 326 g/mol. The first-order chi connectivity index (χ1) is 9.08. The van der Waals surface area contributed by atoms with Crippen LogP contribution < -0.4 is 0 Å². The highest BCUT2D eigenvalue weighted by Crippen LogP contribution is 2.16. The van der Waals surface area contributed by atoms with Crippen LogP contribution in [0.15, 0.2) is 46.0 Å². The Morgan fingerprint density at radius 1 is 1.37 bits per heavy atom. The highest BCUT2D eigenvalue weighted by atomic mass is 79.9. The van der Waals surface area contributed by atoms with E-state index >= 15 is 0 Å². The van der Waals surface area contributed by atoms with Crippen molar-refractivity contribution in [3.8, 4) is 0 Å². The average molecular weight is 327 g/mol. The number of halogens is 1. The number of aliphatic hydroxyl groups excluding tert-OH is 1. The first-order valence-electron chi connectivity index (χ1n) is 5.72. The number of esters is 1. The number of hydrogen-bond acceptors (Lipinski definition) is 5. The number of benzene rings is 1. The number of carbonyl (C=O) groups is 1. The lowest BCUT2D eigenvalue weighted by Crippen LogP contribution is -2.09. The molecule has 19 heavy (non-hydrogen) atoms. The van der Waals surface area contributed by atoms with Crippen LogP contribution in [-0.2, 0) is 9.53 Å². The van der Waals surface area contributed by atoms with E-state index in [1.165, 1.54) is 0 Å². The molecule has 102 valence electrons. The number of ether oxygens (including phenoxy) is 1. The SMILES string of the molecule is CCOC(=O)/C(N=Nc1ccc(C)cc1)=C(\O)CBr. The zero-order valence-corrected chi connectivity index (χ0v) is 12.3. The summed E-state index contributed by atoms with van der Waals surface area (Å²) in [5, 5.41) is 17.4. The molecule has 0 atom stereocenters. The predicted molar refractivity (Wildman–Crippen MR) is 75.8 cm³/mol. The minimum Gasteiger partial charge on any atom is -0.509 e. The van der Waals surface area contributed by atoms with Crippen molar-refractivity contribution in [2.24, 2.45) is 10.2 Å². The van der Waals surface area contributed by atoms with Gasteiger partial charge in [-0.3, -0.25) is 0 Å². The summed E-state index contributed by atoms with van der Waals surface area (Å²) in [5.74, 6) is -0.912. The molecule has 1 aromatic carbocycles. The Labute approximate surface area is 120 Å². The van der Waals surface area contributed by atoms with Crippen LogP contribution in [0.3, 0.4) is 0 Å². The number of hydrogen-bond donors (Lipinski definition) is 1. The van der Waals surface area contributed by atoms with E-state index in [2.05, 4.69) is 26.2 Å². The van der Waals surface area contributed by atoms with Crippen molar-refractivity contribution in [2.75, 3.05) is 11.9 Å². The van der Waals surface area contributed by atoms with Crippen molar-refractivity contribution < 1.29 is 14.6 Å². The Hall–Kier alpha value is -1.69. The van der Waals surface area contributed by atoms with Crippen molar-refractivity contribution in [3.63, 3.8) is 0 Å². The van der Waals surface area contributed by atoms with E-state index < -0.39 is 5.97 Å². The summed E-state index contributed by atoms with van der Waals surface area (Å²) < 4.78 is 4.80. The second kappa shape index (κ2) is 7.68. The molecule has 0 saturated carbocycles. The molecule has 0 bridgehead atoms. The second-order valence-corrected chi connectivity index (χ2v) is 4.25. The Morgan fingerprint density at radius 2 is 2.00 bits per heavy atom. The molecule has 1 aromatic rings. The third kappa shape index (κ3) is 4.82. The topological polar surface area (TPSA) is 71.2 Å². The molecule has 0 unspecified atom stereocenters. The molecule has 0 spiro atoms. The molecule has 0 aliphatic carbocycles. The lowest BCUT2D eigenvalue weighted by atomic mass is 10.2. The Morgan fingerprint density at radius 3 is 2.53 bits per heavy atom. The van der Waals surface area contributed by atoms with Crippen molar-refractivity contribution in [1.82, 2.24) is 0 Å². The van der Waals surface area contributed by atoms with E-state index in [0.717, 1.165) is 5.56 Å². The van der Waals surface area contributed by atoms with Gasteiger partial charge >= 0.3 is 5.97 Å². The maximum Gasteiger partial charge on any atom is 0.362 e. The van der Waals surface area contributed by atoms with Crippen molar-refractivity contribution >= 4 is 27.6 Å². The van der Waals surface area contributed by atoms with Crippen LogP contribution in [0.5, 0.6) is 0 Å². The van der Waals surface area contributed by atoms with Crippen LogP contribution in [0.2, 0.25) is 0 Å². The van der Waals surface area contributed by atoms with Gasteiger partial charge in [-0.05, 0) is 26.0 Å². The third-order valence-corrected chi connectivity index (χ3v) is 2.70. The van der Waals surface area contributed by atoms with Crippen LogP contribution >= 0.6 is 15.9 Å². The fraction of sp³-hybridized carbons (Fsp3) is 0.308. The zero-order valence-electron chi connectivity index (χ0n) is 10.8. The number of aryl methyl sites for hydroxylation is 1. The molecule has 0 aromatic heterocycles. The molecule has 1 rings (SSSR count). The summed E-state index contributed by atoms with van der Waals surface area (Å²) in [7, 11) is 0. The molecule has 1 N–H and O–H groups in total. The molecule has 0 aliphatic rings. The summed E-state index contributed by atoms with van der Waals surface area (Å²) in [6, 6.07) is 7.30. The molecule has 5 nitrogen and oxygen atoms in total. The highest BCUT2D eigenvalue weighted by molar-refractivity contribution is 9.09. The van der Waals surface area contributed by atoms with Crippen molar-refractivity contribution in [3.05, 3.63) is 41.3 Å². The highest BCUT2D eigenvalue weighted by Gasteiger charge is 2.15. The molecule has 0 aliphatic heterocycles. The van der Waals surface area contributed by atoms with Gasteiger partial charge in [0, 0.05) is 0 Å². The number of carbonyl (C=O) groups excluding carboxylic acids is 1. The van der Waals surface area contributed by atoms with Gasteiger partial charge in [0.05, 0.1) is 17.6 Å². The van der Waals surface area contributed by atoms with E-state index in [-0.39, 0.29) is 23.4 Å². The van der Waals surface area contributed by atoms with Gasteiger partial charge in [-0.25, -0.2) is 4.79 Å². The van der Waals surface area contributed by atoms with Gasteiger partial charge in [0.1, 0.15) is 5.76 Å². The number of azo groups is 1. The molecule has 0 fully saturated rings. The molecular formula is C13H15BrN2O3. The number of rotatable bonds is 5. The first-order valence-corrected chi connectivity index (χ1v) is 6.84. The van der Waals surface area contributed by atoms with Crippen LogP contribution in [-0.4, -0.2) is 23.0 Å². The predicted octanol–water partition coefficient (Wildman–Crippen LogP) is 3.81. The minimum atomic E-state index is -0.699. The molecule has 0 saturated heterocycles. The first kappa shape index (κ1) is 15.4. The summed E-state index contributed by atoms with van der Waals surface area (Å²) in [4.78, 5) is 11.6. The van der Waals surface area contributed by atoms with E-state index in [4.69, 9.17) is 4.74 Å². The quantitative estimate of drug-likeness (QED) is 0.294. The molecule has 0 radical (unpaired) electrons. The Kier molecular flexibility index (Phi) is 6.21. The number of nitrogens with zero attached hydrogens (tertiary/aromatic N) is 2. The molecule has 6 heteroatoms. The van der Waals surface area contributed by atoms with Gasteiger partial charge in [-0.15, -0.1) is 5.11 Å². The van der Waals surface area contributed by atoms with Crippen molar-refractivity contribution in [1.29, 1.82) is 0 Å². The normalized spacial score (nSPS) is 12.4. The van der Waals surface area contributed by atoms with Gasteiger partial charge in [-0.2, -0.15) is 5.11 Å². The number of allylic oxidation sites excluding steroid dienone is 1. The summed E-state index contributed by atoms with van der Waals surface area (Å²) in [6.07, 6.45) is 0. The zero-order chi connectivity index (χ0) is 14.3. The van der Waals surface area contributed by atoms with Gasteiger partial charge < -0.3 is 9.84 Å². The fourth-order valence-corrected chi connectivity index (χ4v) is 1.46. The van der Waals surface area contributed by atoms with E-state index in [1.807, 2.05) is 19.1 Å². The average Bonchev–Trinajstić information content (AvgIpc) is 2.41. The molecule has 0 heterocycles. The summed E-state index contributed by atoms with van der Waals surface area (Å²) >= 11 is 3.05. The van der Waals surface area contributed by atoms with Crippen LogP contribution in [0.25, 0.3) is 0 Å². The number of alkyl halides is 1. The third-order valence-electron chi connectivity index (χ3n) is 2.17. The van der Waals surface area contributed by atoms with Gasteiger partial charge in [-0.1, -0.05) is 33.6 Å². The van der Waals surface area contributed by atoms with E-state index in [0.29, 0.717) is 5.69 Å². The van der Waals surface area contributed by atoms with E-state index in [9.17, 15) is 9.90 Å². The molecular weight excluding hydrogens is 312 g/mol. The summed E-state index contributed by atoms with van der Waals surface area (Å²) in [6.45, 7) is 3.84. The lowest BCUT2D eigenvalue weighted by Gasteiger charge is -2.03. The maximum absolute atomic E-state index is 11.6. The van der Waals surface area contributed by atoms with Crippen LogP contribution in [0.4, 0.5) is 5.69 Å². The molecule has 0 amide bonds. The van der Waals surface area contributed by atoms with E-state index in [1.54, 1.807) is 19.1 Å². The van der Waals surface area contributed by atoms with Crippen molar-refractivity contribution in [2.45, 2.75) is 13.8 Å². The smallest absolute Gasteiger partial charge is 0.362 e. The summed E-state index contributed by atoms with van der Waals surface area (Å²) in [5.41, 5.74) is 1.50. The standard InChI is InChI=1S/C13H15BrN2O3/c1-3-19-13(18)12(11(17)8-14)16-15-10-6-4-9(2)5-7-10/h4-7,17H,3,8H2,1-2H3/b12-11+,16-15?. The Balaban J connectivity index is 2.95. The van der Waals surface area contributed by atoms with Crippen LogP contribution in [0.1, 0.15) is 12.5 Å². The largest absolute Gasteiger partial charge is 0.509 e. The van der Waals surface area contributed by atoms with Gasteiger partial charge in [0.15, 0.2) is 0 Å². The fourth-order valence-electron chi connectivity index (χ4n) is 1.20.